The van der Waals surface area contributed by atoms with Gasteiger partial charge in [-0.15, -0.1) is 11.6 Å². The number of sulfone groups is 1. The molecule has 0 bridgehead atoms. The second-order valence-electron chi connectivity index (χ2n) is 5.46. The molecule has 0 spiro atoms. The number of para-hydroxylation sites is 1. The second-order valence-corrected chi connectivity index (χ2v) is 7.95. The molecule has 0 radical (unpaired) electrons. The Hall–Kier alpha value is -1.33. The van der Waals surface area contributed by atoms with Gasteiger partial charge in [-0.1, -0.05) is 18.2 Å². The number of aromatic nitrogens is 1. The number of fused-ring (bicyclic) bond motifs is 1. The highest BCUT2D eigenvalue weighted by Gasteiger charge is 2.31. The molecule has 0 amide bonds. The van der Waals surface area contributed by atoms with Crippen LogP contribution in [-0.2, 0) is 15.7 Å². The van der Waals surface area contributed by atoms with Gasteiger partial charge in [-0.05, 0) is 24.1 Å². The average Bonchev–Trinajstić information content (AvgIpc) is 2.85. The average molecular weight is 325 g/mol. The van der Waals surface area contributed by atoms with Gasteiger partial charge in [0.05, 0.1) is 17.0 Å². The highest BCUT2D eigenvalue weighted by Crippen LogP contribution is 2.27. The number of alkyl halides is 1. The van der Waals surface area contributed by atoms with E-state index in [4.69, 9.17) is 11.6 Å². The standard InChI is InChI=1S/C15H17ClN2O2S/c1-18(12-6-7-21(19,20)10-12)15-8-11(9-16)13-4-2-3-5-14(13)17-15/h2-5,8,12H,6-7,9-10H2,1H3. The number of pyridine rings is 1. The molecule has 2 heterocycles. The molecule has 0 aliphatic carbocycles. The molecular weight excluding hydrogens is 308 g/mol. The van der Waals surface area contributed by atoms with Gasteiger partial charge >= 0.3 is 0 Å². The highest BCUT2D eigenvalue weighted by molar-refractivity contribution is 7.91. The zero-order chi connectivity index (χ0) is 15.0. The minimum Gasteiger partial charge on any atom is -0.356 e. The quantitative estimate of drug-likeness (QED) is 0.814. The first kappa shape index (κ1) is 14.6. The Bertz CT molecular complexity index is 776. The van der Waals surface area contributed by atoms with E-state index < -0.39 is 9.84 Å². The Kier molecular flexibility index (Phi) is 3.80. The van der Waals surface area contributed by atoms with Crippen LogP contribution < -0.4 is 4.90 Å². The second kappa shape index (κ2) is 5.46. The van der Waals surface area contributed by atoms with Crippen molar-refractivity contribution in [2.75, 3.05) is 23.5 Å². The van der Waals surface area contributed by atoms with Crippen LogP contribution in [0.1, 0.15) is 12.0 Å². The normalized spacial score (nSPS) is 20.8. The molecule has 0 N–H and O–H groups in total. The Morgan fingerprint density at radius 2 is 2.14 bits per heavy atom. The first-order valence-corrected chi connectivity index (χ1v) is 9.23. The van der Waals surface area contributed by atoms with E-state index >= 15 is 0 Å². The fourth-order valence-corrected chi connectivity index (χ4v) is 4.79. The molecule has 1 aliphatic rings. The van der Waals surface area contributed by atoms with E-state index in [9.17, 15) is 8.42 Å². The van der Waals surface area contributed by atoms with Crippen LogP contribution >= 0.6 is 11.6 Å². The lowest BCUT2D eigenvalue weighted by molar-refractivity contribution is 0.600. The maximum absolute atomic E-state index is 11.6. The summed E-state index contributed by atoms with van der Waals surface area (Å²) >= 11 is 6.05. The minimum atomic E-state index is -2.90. The van der Waals surface area contributed by atoms with Crippen LogP contribution in [-0.4, -0.2) is 38.0 Å². The monoisotopic (exact) mass is 324 g/mol. The predicted molar refractivity (Wildman–Crippen MR) is 86.8 cm³/mol. The van der Waals surface area contributed by atoms with Crippen LogP contribution in [0.25, 0.3) is 10.9 Å². The van der Waals surface area contributed by atoms with Gasteiger partial charge in [0.1, 0.15) is 5.82 Å². The summed E-state index contributed by atoms with van der Waals surface area (Å²) in [6.07, 6.45) is 0.656. The van der Waals surface area contributed by atoms with Crippen molar-refractivity contribution in [1.82, 2.24) is 4.98 Å². The predicted octanol–water partition coefficient (Wildman–Crippen LogP) is 2.60. The van der Waals surface area contributed by atoms with Gasteiger partial charge in [-0.2, -0.15) is 0 Å². The van der Waals surface area contributed by atoms with Crippen LogP contribution in [0.2, 0.25) is 0 Å². The number of rotatable bonds is 3. The molecule has 1 aromatic heterocycles. The topological polar surface area (TPSA) is 50.3 Å². The zero-order valence-corrected chi connectivity index (χ0v) is 13.4. The van der Waals surface area contributed by atoms with E-state index in [1.807, 2.05) is 42.3 Å². The Labute approximate surface area is 129 Å². The van der Waals surface area contributed by atoms with Gasteiger partial charge in [0.2, 0.25) is 0 Å². The largest absolute Gasteiger partial charge is 0.356 e. The number of hydrogen-bond donors (Lipinski definition) is 0. The lowest BCUT2D eigenvalue weighted by atomic mass is 10.1. The van der Waals surface area contributed by atoms with Gasteiger partial charge in [0, 0.05) is 24.4 Å². The minimum absolute atomic E-state index is 0.00756. The van der Waals surface area contributed by atoms with Crippen LogP contribution in [0.5, 0.6) is 0 Å². The fourth-order valence-electron chi connectivity index (χ4n) is 2.79. The van der Waals surface area contributed by atoms with Crippen molar-refractivity contribution >= 4 is 38.2 Å². The van der Waals surface area contributed by atoms with E-state index in [0.29, 0.717) is 12.3 Å². The number of hydrogen-bond acceptors (Lipinski definition) is 4. The summed E-state index contributed by atoms with van der Waals surface area (Å²) in [5.74, 6) is 1.66. The molecule has 4 nitrogen and oxygen atoms in total. The summed E-state index contributed by atoms with van der Waals surface area (Å²) in [6.45, 7) is 0. The molecule has 1 aromatic carbocycles. The maximum atomic E-state index is 11.6. The van der Waals surface area contributed by atoms with Gasteiger partial charge in [-0.25, -0.2) is 13.4 Å². The smallest absolute Gasteiger partial charge is 0.152 e. The van der Waals surface area contributed by atoms with Crippen LogP contribution in [0.4, 0.5) is 5.82 Å². The molecule has 3 rings (SSSR count). The molecule has 1 unspecified atom stereocenters. The Balaban J connectivity index is 2.00. The van der Waals surface area contributed by atoms with Crippen molar-refractivity contribution in [3.8, 4) is 0 Å². The SMILES string of the molecule is CN(c1cc(CCl)c2ccccc2n1)C1CCS(=O)(=O)C1. The van der Waals surface area contributed by atoms with Crippen molar-refractivity contribution in [2.45, 2.75) is 18.3 Å². The van der Waals surface area contributed by atoms with Crippen LogP contribution in [0.15, 0.2) is 30.3 Å². The maximum Gasteiger partial charge on any atom is 0.152 e. The highest BCUT2D eigenvalue weighted by atomic mass is 35.5. The van der Waals surface area contributed by atoms with Gasteiger partial charge in [-0.3, -0.25) is 0 Å². The van der Waals surface area contributed by atoms with Gasteiger partial charge in [0.15, 0.2) is 9.84 Å². The third-order valence-corrected chi connectivity index (χ3v) is 6.09. The fraction of sp³-hybridized carbons (Fsp3) is 0.400. The lowest BCUT2D eigenvalue weighted by Crippen LogP contribution is -2.33. The molecule has 0 saturated carbocycles. The molecule has 1 saturated heterocycles. The summed E-state index contributed by atoms with van der Waals surface area (Å²) in [7, 11) is -0.999. The van der Waals surface area contributed by atoms with Crippen LogP contribution in [0, 0.1) is 0 Å². The number of halogens is 1. The first-order chi connectivity index (χ1) is 10.00. The third-order valence-electron chi connectivity index (χ3n) is 4.05. The summed E-state index contributed by atoms with van der Waals surface area (Å²) < 4.78 is 23.3. The first-order valence-electron chi connectivity index (χ1n) is 6.88. The zero-order valence-electron chi connectivity index (χ0n) is 11.8. The van der Waals surface area contributed by atoms with E-state index in [-0.39, 0.29) is 17.5 Å². The lowest BCUT2D eigenvalue weighted by Gasteiger charge is -2.25. The van der Waals surface area contributed by atoms with Crippen molar-refractivity contribution < 1.29 is 8.42 Å². The van der Waals surface area contributed by atoms with Crippen molar-refractivity contribution in [3.63, 3.8) is 0 Å². The number of benzene rings is 1. The molecule has 1 aliphatic heterocycles. The van der Waals surface area contributed by atoms with E-state index in [2.05, 4.69) is 4.98 Å². The number of anilines is 1. The van der Waals surface area contributed by atoms with Crippen molar-refractivity contribution in [1.29, 1.82) is 0 Å². The summed E-state index contributed by atoms with van der Waals surface area (Å²) in [5.41, 5.74) is 1.91. The summed E-state index contributed by atoms with van der Waals surface area (Å²) in [5, 5.41) is 1.05. The summed E-state index contributed by atoms with van der Waals surface area (Å²) in [4.78, 5) is 6.61. The third kappa shape index (κ3) is 2.85. The molecule has 6 heteroatoms. The number of nitrogens with zero attached hydrogens (tertiary/aromatic N) is 2. The van der Waals surface area contributed by atoms with Gasteiger partial charge < -0.3 is 4.90 Å². The molecule has 1 atom stereocenters. The molecular formula is C15H17ClN2O2S. The Morgan fingerprint density at radius 3 is 2.81 bits per heavy atom. The van der Waals surface area contributed by atoms with E-state index in [0.717, 1.165) is 22.3 Å². The van der Waals surface area contributed by atoms with Crippen molar-refractivity contribution in [3.05, 3.63) is 35.9 Å². The molecule has 21 heavy (non-hydrogen) atoms. The molecule has 112 valence electrons. The molecule has 2 aromatic rings. The van der Waals surface area contributed by atoms with Gasteiger partial charge in [0.25, 0.3) is 0 Å². The van der Waals surface area contributed by atoms with Crippen molar-refractivity contribution in [2.24, 2.45) is 0 Å². The Morgan fingerprint density at radius 1 is 1.38 bits per heavy atom. The molecule has 1 fully saturated rings. The van der Waals surface area contributed by atoms with E-state index in [1.165, 1.54) is 0 Å². The summed E-state index contributed by atoms with van der Waals surface area (Å²) in [6, 6.07) is 9.81. The van der Waals surface area contributed by atoms with Crippen LogP contribution in [0.3, 0.4) is 0 Å². The van der Waals surface area contributed by atoms with E-state index in [1.54, 1.807) is 0 Å².